The van der Waals surface area contributed by atoms with E-state index in [1.165, 1.54) is 38.5 Å². The van der Waals surface area contributed by atoms with E-state index in [0.717, 1.165) is 11.8 Å². The van der Waals surface area contributed by atoms with Crippen molar-refractivity contribution in [1.82, 2.24) is 5.32 Å². The molecule has 0 aromatic carbocycles. The van der Waals surface area contributed by atoms with Crippen LogP contribution in [0.2, 0.25) is 0 Å². The van der Waals surface area contributed by atoms with Crippen molar-refractivity contribution in [2.45, 2.75) is 72.3 Å². The van der Waals surface area contributed by atoms with Gasteiger partial charge < -0.3 is 5.32 Å². The molecule has 0 radical (unpaired) electrons. The van der Waals surface area contributed by atoms with Gasteiger partial charge in [-0.05, 0) is 37.1 Å². The van der Waals surface area contributed by atoms with E-state index in [9.17, 15) is 0 Å². The number of hydrogen-bond acceptors (Lipinski definition) is 1. The first kappa shape index (κ1) is 14.0. The molecule has 16 heavy (non-hydrogen) atoms. The molecule has 1 fully saturated rings. The second kappa shape index (κ2) is 6.05. The largest absolute Gasteiger partial charge is 0.316 e. The molecule has 3 atom stereocenters. The topological polar surface area (TPSA) is 12.0 Å². The smallest absolute Gasteiger partial charge is 0.0146 e. The maximum absolute atomic E-state index is 3.63. The lowest BCUT2D eigenvalue weighted by atomic mass is 9.66. The quantitative estimate of drug-likeness (QED) is 0.738. The van der Waals surface area contributed by atoms with E-state index in [1.54, 1.807) is 0 Å². The number of hydrogen-bond donors (Lipinski definition) is 1. The first-order valence-corrected chi connectivity index (χ1v) is 7.24. The van der Waals surface area contributed by atoms with Crippen LogP contribution in [-0.2, 0) is 0 Å². The second-order valence-electron chi connectivity index (χ2n) is 6.23. The molecule has 3 unspecified atom stereocenters. The highest BCUT2D eigenvalue weighted by molar-refractivity contribution is 4.92. The fourth-order valence-electron chi connectivity index (χ4n) is 3.59. The summed E-state index contributed by atoms with van der Waals surface area (Å²) in [5, 5.41) is 3.63. The van der Waals surface area contributed by atoms with E-state index in [2.05, 4.69) is 40.1 Å². The Morgan fingerprint density at radius 2 is 1.81 bits per heavy atom. The van der Waals surface area contributed by atoms with Gasteiger partial charge in [-0.3, -0.25) is 0 Å². The predicted molar refractivity (Wildman–Crippen MR) is 72.7 cm³/mol. The fourth-order valence-corrected chi connectivity index (χ4v) is 3.59. The summed E-state index contributed by atoms with van der Waals surface area (Å²) in [5.74, 6) is 1.86. The van der Waals surface area contributed by atoms with E-state index in [4.69, 9.17) is 0 Å². The average molecular weight is 225 g/mol. The minimum absolute atomic E-state index is 0.435. The molecule has 0 bridgehead atoms. The van der Waals surface area contributed by atoms with Gasteiger partial charge in [0.15, 0.2) is 0 Å². The third-order valence-electron chi connectivity index (χ3n) is 4.98. The molecule has 0 aromatic heterocycles. The zero-order chi connectivity index (χ0) is 12.2. The van der Waals surface area contributed by atoms with E-state index in [0.29, 0.717) is 11.5 Å². The number of nitrogens with one attached hydrogen (secondary N) is 1. The molecule has 1 aliphatic carbocycles. The van der Waals surface area contributed by atoms with Gasteiger partial charge in [0, 0.05) is 6.04 Å². The van der Waals surface area contributed by atoms with Crippen molar-refractivity contribution in [1.29, 1.82) is 0 Å². The van der Waals surface area contributed by atoms with Crippen LogP contribution in [0.3, 0.4) is 0 Å². The van der Waals surface area contributed by atoms with Gasteiger partial charge in [0.2, 0.25) is 0 Å². The normalized spacial score (nSPS) is 29.1. The van der Waals surface area contributed by atoms with Crippen molar-refractivity contribution < 1.29 is 0 Å². The van der Waals surface area contributed by atoms with Crippen LogP contribution in [0, 0.1) is 17.3 Å². The Hall–Kier alpha value is -0.0400. The zero-order valence-corrected chi connectivity index (χ0v) is 12.0. The summed E-state index contributed by atoms with van der Waals surface area (Å²) in [6.07, 6.45) is 8.43. The molecule has 0 saturated heterocycles. The minimum atomic E-state index is 0.435. The first-order valence-electron chi connectivity index (χ1n) is 7.24. The van der Waals surface area contributed by atoms with E-state index in [1.807, 2.05) is 0 Å². The Morgan fingerprint density at radius 1 is 1.19 bits per heavy atom. The van der Waals surface area contributed by atoms with Gasteiger partial charge in [-0.25, -0.2) is 0 Å². The van der Waals surface area contributed by atoms with Crippen molar-refractivity contribution in [3.05, 3.63) is 0 Å². The van der Waals surface area contributed by atoms with Crippen molar-refractivity contribution in [2.75, 3.05) is 7.05 Å². The molecular weight excluding hydrogens is 194 g/mol. The Balaban J connectivity index is 2.77. The van der Waals surface area contributed by atoms with Gasteiger partial charge in [-0.15, -0.1) is 0 Å². The molecule has 0 amide bonds. The SMILES string of the molecule is CCC1CCCCC1C(NC)C(C)(C)CC. The lowest BCUT2D eigenvalue weighted by molar-refractivity contribution is 0.0965. The first-order chi connectivity index (χ1) is 7.56. The van der Waals surface area contributed by atoms with E-state index >= 15 is 0 Å². The highest BCUT2D eigenvalue weighted by Crippen LogP contribution is 2.41. The lowest BCUT2D eigenvalue weighted by Crippen LogP contribution is -2.48. The van der Waals surface area contributed by atoms with Crippen LogP contribution < -0.4 is 5.32 Å². The Labute approximate surface area is 102 Å². The maximum Gasteiger partial charge on any atom is 0.0146 e. The maximum atomic E-state index is 3.63. The molecule has 1 nitrogen and oxygen atoms in total. The predicted octanol–water partition coefficient (Wildman–Crippen LogP) is 4.23. The summed E-state index contributed by atoms with van der Waals surface area (Å²) in [7, 11) is 2.16. The zero-order valence-electron chi connectivity index (χ0n) is 12.0. The van der Waals surface area contributed by atoms with Gasteiger partial charge in [0.1, 0.15) is 0 Å². The Bertz CT molecular complexity index is 198. The second-order valence-corrected chi connectivity index (χ2v) is 6.23. The van der Waals surface area contributed by atoms with Gasteiger partial charge in [-0.1, -0.05) is 53.4 Å². The highest BCUT2D eigenvalue weighted by atomic mass is 14.9. The molecule has 1 rings (SSSR count). The van der Waals surface area contributed by atoms with Crippen LogP contribution in [0.5, 0.6) is 0 Å². The molecule has 0 spiro atoms. The summed E-state index contributed by atoms with van der Waals surface area (Å²) in [5.41, 5.74) is 0.435. The molecule has 96 valence electrons. The summed E-state index contributed by atoms with van der Waals surface area (Å²) >= 11 is 0. The van der Waals surface area contributed by atoms with Gasteiger partial charge >= 0.3 is 0 Å². The standard InChI is InChI=1S/C15H31N/c1-6-12-10-8-9-11-13(12)14(16-5)15(3,4)7-2/h12-14,16H,6-11H2,1-5H3. The number of rotatable bonds is 5. The molecule has 1 aliphatic rings. The monoisotopic (exact) mass is 225 g/mol. The van der Waals surface area contributed by atoms with Gasteiger partial charge in [0.05, 0.1) is 0 Å². The molecular formula is C15H31N. The molecule has 1 heteroatoms. The van der Waals surface area contributed by atoms with Crippen LogP contribution in [0.25, 0.3) is 0 Å². The fraction of sp³-hybridized carbons (Fsp3) is 1.00. The van der Waals surface area contributed by atoms with Crippen molar-refractivity contribution in [3.8, 4) is 0 Å². The minimum Gasteiger partial charge on any atom is -0.316 e. The summed E-state index contributed by atoms with van der Waals surface area (Å²) < 4.78 is 0. The van der Waals surface area contributed by atoms with Crippen LogP contribution in [0.15, 0.2) is 0 Å². The summed E-state index contributed by atoms with van der Waals surface area (Å²) in [6.45, 7) is 9.55. The highest BCUT2D eigenvalue weighted by Gasteiger charge is 2.37. The van der Waals surface area contributed by atoms with Crippen LogP contribution in [0.1, 0.15) is 66.2 Å². The van der Waals surface area contributed by atoms with Crippen LogP contribution in [-0.4, -0.2) is 13.1 Å². The Kier molecular flexibility index (Phi) is 5.30. The van der Waals surface area contributed by atoms with Crippen LogP contribution in [0.4, 0.5) is 0 Å². The lowest BCUT2D eigenvalue weighted by Gasteiger charge is -2.44. The molecule has 0 aromatic rings. The van der Waals surface area contributed by atoms with Crippen LogP contribution >= 0.6 is 0 Å². The van der Waals surface area contributed by atoms with Gasteiger partial charge in [-0.2, -0.15) is 0 Å². The third kappa shape index (κ3) is 3.00. The van der Waals surface area contributed by atoms with Crippen molar-refractivity contribution >= 4 is 0 Å². The summed E-state index contributed by atoms with van der Waals surface area (Å²) in [4.78, 5) is 0. The molecule has 1 saturated carbocycles. The Morgan fingerprint density at radius 3 is 2.31 bits per heavy atom. The van der Waals surface area contributed by atoms with Gasteiger partial charge in [0.25, 0.3) is 0 Å². The molecule has 1 N–H and O–H groups in total. The molecule has 0 heterocycles. The van der Waals surface area contributed by atoms with Crippen molar-refractivity contribution in [2.24, 2.45) is 17.3 Å². The summed E-state index contributed by atoms with van der Waals surface area (Å²) in [6, 6.07) is 0.697. The average Bonchev–Trinajstić information content (AvgIpc) is 2.30. The van der Waals surface area contributed by atoms with Crippen molar-refractivity contribution in [3.63, 3.8) is 0 Å². The van der Waals surface area contributed by atoms with E-state index < -0.39 is 0 Å². The molecule has 0 aliphatic heterocycles. The van der Waals surface area contributed by atoms with E-state index in [-0.39, 0.29) is 0 Å². The third-order valence-corrected chi connectivity index (χ3v) is 4.98.